The third-order valence-electron chi connectivity index (χ3n) is 6.99. The maximum Gasteiger partial charge on any atom is 0.222 e. The average molecular weight is 519 g/mol. The van der Waals surface area contributed by atoms with Crippen molar-refractivity contribution in [2.75, 3.05) is 36.5 Å². The number of anilines is 3. The first kappa shape index (κ1) is 27.8. The highest BCUT2D eigenvalue weighted by Gasteiger charge is 2.24. The molecular weight excluding hydrogens is 476 g/mol. The molecular formula is C30H42N6O2. The molecule has 0 bridgehead atoms. The van der Waals surface area contributed by atoms with E-state index in [1.165, 1.54) is 35.9 Å². The minimum atomic E-state index is -0.118. The number of ether oxygens (including phenoxy) is 1. The molecule has 3 aromatic rings. The van der Waals surface area contributed by atoms with Gasteiger partial charge in [-0.15, -0.1) is 0 Å². The summed E-state index contributed by atoms with van der Waals surface area (Å²) in [4.78, 5) is 18.0. The average Bonchev–Trinajstić information content (AvgIpc) is 3.56. The van der Waals surface area contributed by atoms with E-state index >= 15 is 0 Å². The summed E-state index contributed by atoms with van der Waals surface area (Å²) in [7, 11) is 0. The van der Waals surface area contributed by atoms with Crippen molar-refractivity contribution in [3.8, 4) is 11.1 Å². The Morgan fingerprint density at radius 2 is 2.05 bits per heavy atom. The number of H-pyrrole nitrogens is 1. The summed E-state index contributed by atoms with van der Waals surface area (Å²) in [6, 6.07) is 10.5. The first-order chi connectivity index (χ1) is 18.5. The van der Waals surface area contributed by atoms with Crippen molar-refractivity contribution in [1.29, 1.82) is 0 Å². The minimum Gasteiger partial charge on any atom is -0.381 e. The molecule has 0 spiro atoms. The number of hydrogen-bond donors (Lipinski definition) is 3. The second-order valence-corrected chi connectivity index (χ2v) is 10.2. The lowest BCUT2D eigenvalue weighted by Gasteiger charge is -2.31. The van der Waals surface area contributed by atoms with Crippen LogP contribution >= 0.6 is 0 Å². The van der Waals surface area contributed by atoms with E-state index in [4.69, 9.17) is 9.84 Å². The van der Waals surface area contributed by atoms with Gasteiger partial charge in [0, 0.05) is 61.9 Å². The molecule has 8 nitrogen and oxygen atoms in total. The number of amides is 1. The van der Waals surface area contributed by atoms with Gasteiger partial charge < -0.3 is 20.3 Å². The highest BCUT2D eigenvalue weighted by Crippen LogP contribution is 2.37. The summed E-state index contributed by atoms with van der Waals surface area (Å²) in [5.41, 5.74) is 7.25. The number of benzene rings is 1. The zero-order valence-electron chi connectivity index (χ0n) is 23.3. The number of aryl methyl sites for hydroxylation is 2. The van der Waals surface area contributed by atoms with Gasteiger partial charge in [0.15, 0.2) is 5.82 Å². The lowest BCUT2D eigenvalue weighted by molar-refractivity contribution is -0.114. The molecule has 8 heteroatoms. The molecule has 0 radical (unpaired) electrons. The van der Waals surface area contributed by atoms with Crippen LogP contribution < -0.4 is 15.5 Å². The number of carbonyl (C=O) groups excluding carboxylic acids is 1. The molecule has 1 fully saturated rings. The quantitative estimate of drug-likeness (QED) is 0.358. The van der Waals surface area contributed by atoms with E-state index in [1.807, 2.05) is 18.3 Å². The first-order valence-corrected chi connectivity index (χ1v) is 14.0. The maximum atomic E-state index is 11.2. The van der Waals surface area contributed by atoms with Gasteiger partial charge in [0.2, 0.25) is 5.91 Å². The normalized spacial score (nSPS) is 16.5. The molecule has 1 aromatic carbocycles. The number of pyridine rings is 1. The summed E-state index contributed by atoms with van der Waals surface area (Å²) in [5.74, 6) is 2.32. The van der Waals surface area contributed by atoms with Crippen molar-refractivity contribution in [2.24, 2.45) is 5.92 Å². The van der Waals surface area contributed by atoms with Gasteiger partial charge in [-0.3, -0.25) is 9.89 Å². The van der Waals surface area contributed by atoms with Crippen LogP contribution in [-0.4, -0.2) is 47.4 Å². The third kappa shape index (κ3) is 6.99. The van der Waals surface area contributed by atoms with E-state index in [9.17, 15) is 4.79 Å². The Labute approximate surface area is 226 Å². The summed E-state index contributed by atoms with van der Waals surface area (Å²) in [5, 5.41) is 14.2. The van der Waals surface area contributed by atoms with Crippen LogP contribution in [0.15, 0.2) is 36.5 Å². The van der Waals surface area contributed by atoms with Gasteiger partial charge in [-0.2, -0.15) is 5.10 Å². The van der Waals surface area contributed by atoms with Gasteiger partial charge in [0.25, 0.3) is 0 Å². The Balaban J connectivity index is 0.000000494. The van der Waals surface area contributed by atoms with Crippen molar-refractivity contribution >= 4 is 23.2 Å². The van der Waals surface area contributed by atoms with Gasteiger partial charge in [-0.1, -0.05) is 33.3 Å². The zero-order valence-corrected chi connectivity index (χ0v) is 23.3. The van der Waals surface area contributed by atoms with Crippen LogP contribution in [0.2, 0.25) is 0 Å². The molecule has 2 aliphatic heterocycles. The fourth-order valence-electron chi connectivity index (χ4n) is 4.97. The van der Waals surface area contributed by atoms with E-state index < -0.39 is 0 Å². The Bertz CT molecular complexity index is 1180. The molecule has 5 rings (SSSR count). The molecule has 1 atom stereocenters. The number of rotatable bonds is 8. The molecule has 0 unspecified atom stereocenters. The second-order valence-electron chi connectivity index (χ2n) is 10.2. The van der Waals surface area contributed by atoms with Crippen LogP contribution in [0.5, 0.6) is 0 Å². The van der Waals surface area contributed by atoms with Crippen molar-refractivity contribution in [2.45, 2.75) is 66.3 Å². The summed E-state index contributed by atoms with van der Waals surface area (Å²) in [6.07, 6.45) is 7.32. The van der Waals surface area contributed by atoms with Gasteiger partial charge in [0.1, 0.15) is 5.82 Å². The smallest absolute Gasteiger partial charge is 0.222 e. The molecule has 1 amide bonds. The number of aromatic amines is 1. The number of carbonyl (C=O) groups is 1. The van der Waals surface area contributed by atoms with E-state index in [0.717, 1.165) is 81.4 Å². The second kappa shape index (κ2) is 13.5. The van der Waals surface area contributed by atoms with Crippen LogP contribution in [0.4, 0.5) is 17.3 Å². The Kier molecular flexibility index (Phi) is 9.90. The highest BCUT2D eigenvalue weighted by atomic mass is 16.5. The monoisotopic (exact) mass is 518 g/mol. The largest absolute Gasteiger partial charge is 0.381 e. The maximum absolute atomic E-state index is 11.2. The fourth-order valence-corrected chi connectivity index (χ4v) is 4.97. The van der Waals surface area contributed by atoms with E-state index in [-0.39, 0.29) is 5.91 Å². The summed E-state index contributed by atoms with van der Waals surface area (Å²) >= 11 is 0. The van der Waals surface area contributed by atoms with E-state index in [2.05, 4.69) is 64.6 Å². The topological polar surface area (TPSA) is 95.2 Å². The van der Waals surface area contributed by atoms with Crippen LogP contribution in [0.1, 0.15) is 63.8 Å². The van der Waals surface area contributed by atoms with Gasteiger partial charge in [-0.25, -0.2) is 4.98 Å². The Hall–Kier alpha value is -3.23. The number of aromatic nitrogens is 3. The van der Waals surface area contributed by atoms with Crippen LogP contribution in [0, 0.1) is 5.92 Å². The molecule has 4 heterocycles. The minimum absolute atomic E-state index is 0.118. The number of hydrogen-bond acceptors (Lipinski definition) is 6. The van der Waals surface area contributed by atoms with Crippen LogP contribution in [-0.2, 0) is 28.9 Å². The van der Waals surface area contributed by atoms with E-state index in [0.29, 0.717) is 5.82 Å². The molecule has 1 saturated heterocycles. The molecule has 38 heavy (non-hydrogen) atoms. The third-order valence-corrected chi connectivity index (χ3v) is 6.99. The number of nitrogens with one attached hydrogen (secondary N) is 3. The molecule has 2 aromatic heterocycles. The predicted molar refractivity (Wildman–Crippen MR) is 154 cm³/mol. The molecule has 204 valence electrons. The van der Waals surface area contributed by atoms with Gasteiger partial charge >= 0.3 is 0 Å². The summed E-state index contributed by atoms with van der Waals surface area (Å²) < 4.78 is 5.06. The standard InChI is InChI=1S/C25H32N6O.C5H10O/c1-4-7-22-21(16-26-5-2)25(30-29-22)31-13-6-8-19-14-18(9-11-23(19)31)20-10-12-24(27-15-20)28-17(3)32;1-5-2-3-6-4-5/h9-12,14-15,26H,4-8,13,16H2,1-3H3,(H,29,30)(H,27,28,32);5H,2-4H2,1H3/t;5-/m.0/s1. The predicted octanol–water partition coefficient (Wildman–Crippen LogP) is 5.62. The van der Waals surface area contributed by atoms with E-state index in [1.54, 1.807) is 0 Å². The van der Waals surface area contributed by atoms with Crippen LogP contribution in [0.3, 0.4) is 0 Å². The Morgan fingerprint density at radius 3 is 2.68 bits per heavy atom. The fraction of sp³-hybridized carbons (Fsp3) is 0.500. The SMILES string of the molecule is CCCc1[nH]nc(N2CCCc3cc(-c4ccc(NC(C)=O)nc4)ccc32)c1CNCC.C[C@H]1CCOC1. The molecule has 3 N–H and O–H groups in total. The lowest BCUT2D eigenvalue weighted by Crippen LogP contribution is -2.26. The van der Waals surface area contributed by atoms with Crippen molar-refractivity contribution in [1.82, 2.24) is 20.5 Å². The molecule has 0 saturated carbocycles. The number of nitrogens with zero attached hydrogens (tertiary/aromatic N) is 3. The van der Waals surface area contributed by atoms with Crippen molar-refractivity contribution in [3.05, 3.63) is 53.3 Å². The highest BCUT2D eigenvalue weighted by molar-refractivity contribution is 5.87. The van der Waals surface area contributed by atoms with Gasteiger partial charge in [0.05, 0.1) is 0 Å². The van der Waals surface area contributed by atoms with Crippen LogP contribution in [0.25, 0.3) is 11.1 Å². The number of fused-ring (bicyclic) bond motifs is 1. The zero-order chi connectivity index (χ0) is 26.9. The van der Waals surface area contributed by atoms with Crippen molar-refractivity contribution in [3.63, 3.8) is 0 Å². The molecule has 2 aliphatic rings. The summed E-state index contributed by atoms with van der Waals surface area (Å²) in [6.45, 7) is 12.7. The van der Waals surface area contributed by atoms with Gasteiger partial charge in [-0.05, 0) is 73.5 Å². The Morgan fingerprint density at radius 1 is 1.21 bits per heavy atom. The lowest BCUT2D eigenvalue weighted by atomic mass is 9.96. The first-order valence-electron chi connectivity index (χ1n) is 14.0. The molecule has 0 aliphatic carbocycles. The van der Waals surface area contributed by atoms with Crippen molar-refractivity contribution < 1.29 is 9.53 Å².